The highest BCUT2D eigenvalue weighted by Gasteiger charge is 2.24. The Bertz CT molecular complexity index is 857. The Morgan fingerprint density at radius 2 is 1.97 bits per heavy atom. The van der Waals surface area contributed by atoms with E-state index in [1.165, 1.54) is 19.2 Å². The fraction of sp³-hybridized carbons (Fsp3) is 0.409. The molecule has 162 valence electrons. The Balaban J connectivity index is 1.77. The summed E-state index contributed by atoms with van der Waals surface area (Å²) in [6.45, 7) is 5.52. The second-order valence-electron chi connectivity index (χ2n) is 6.85. The highest BCUT2D eigenvalue weighted by atomic mass is 79.9. The van der Waals surface area contributed by atoms with Gasteiger partial charge in [-0.3, -0.25) is 9.69 Å². The summed E-state index contributed by atoms with van der Waals surface area (Å²) in [4.78, 5) is 15.1. The lowest BCUT2D eigenvalue weighted by atomic mass is 10.0. The highest BCUT2D eigenvalue weighted by molar-refractivity contribution is 9.10. The predicted octanol–water partition coefficient (Wildman–Crippen LogP) is 3.80. The van der Waals surface area contributed by atoms with Crippen LogP contribution in [0.3, 0.4) is 0 Å². The van der Waals surface area contributed by atoms with Gasteiger partial charge in [0.2, 0.25) is 0 Å². The molecule has 1 saturated heterocycles. The van der Waals surface area contributed by atoms with E-state index in [4.69, 9.17) is 14.2 Å². The third kappa shape index (κ3) is 5.50. The van der Waals surface area contributed by atoms with E-state index in [2.05, 4.69) is 26.1 Å². The van der Waals surface area contributed by atoms with E-state index in [9.17, 15) is 9.18 Å². The average Bonchev–Trinajstić information content (AvgIpc) is 2.77. The number of ether oxygens (including phenoxy) is 3. The van der Waals surface area contributed by atoms with Crippen LogP contribution in [-0.4, -0.2) is 57.4 Å². The summed E-state index contributed by atoms with van der Waals surface area (Å²) in [5.41, 5.74) is 1.41. The van der Waals surface area contributed by atoms with E-state index in [1.54, 1.807) is 24.3 Å². The van der Waals surface area contributed by atoms with Gasteiger partial charge < -0.3 is 19.5 Å². The second kappa shape index (κ2) is 10.7. The second-order valence-corrected chi connectivity index (χ2v) is 7.70. The molecule has 8 heteroatoms. The van der Waals surface area contributed by atoms with Crippen LogP contribution >= 0.6 is 15.9 Å². The minimum Gasteiger partial charge on any atom is -0.493 e. The number of carbonyl (C=O) groups excluding carboxylic acids is 1. The fourth-order valence-electron chi connectivity index (χ4n) is 3.46. The van der Waals surface area contributed by atoms with Crippen molar-refractivity contribution in [2.75, 3.05) is 46.6 Å². The summed E-state index contributed by atoms with van der Waals surface area (Å²) in [5.74, 6) is 0.543. The SMILES string of the molecule is CCOc1c(Br)cc(C(=O)NCC(c2ccc(F)cc2)N2CCOCC2)cc1OC. The maximum atomic E-state index is 13.4. The topological polar surface area (TPSA) is 60.0 Å². The third-order valence-electron chi connectivity index (χ3n) is 4.98. The van der Waals surface area contributed by atoms with E-state index in [0.29, 0.717) is 47.9 Å². The number of halogens is 2. The molecule has 3 rings (SSSR count). The molecule has 0 radical (unpaired) electrons. The summed E-state index contributed by atoms with van der Waals surface area (Å²) in [6.07, 6.45) is 0. The number of methoxy groups -OCH3 is 1. The van der Waals surface area contributed by atoms with Crippen molar-refractivity contribution in [3.8, 4) is 11.5 Å². The zero-order valence-electron chi connectivity index (χ0n) is 17.1. The third-order valence-corrected chi connectivity index (χ3v) is 5.57. The fourth-order valence-corrected chi connectivity index (χ4v) is 4.02. The van der Waals surface area contributed by atoms with Gasteiger partial charge in [0.1, 0.15) is 5.82 Å². The van der Waals surface area contributed by atoms with Crippen LogP contribution in [0.15, 0.2) is 40.9 Å². The molecule has 30 heavy (non-hydrogen) atoms. The number of hydrogen-bond acceptors (Lipinski definition) is 5. The Labute approximate surface area is 184 Å². The Morgan fingerprint density at radius 1 is 1.27 bits per heavy atom. The molecule has 1 atom stereocenters. The molecular weight excluding hydrogens is 455 g/mol. The standard InChI is InChI=1S/C22H26BrFN2O4/c1-3-30-21-18(23)12-16(13-20(21)28-2)22(27)25-14-19(26-8-10-29-11-9-26)15-4-6-17(24)7-5-15/h4-7,12-13,19H,3,8-11,14H2,1-2H3,(H,25,27). The monoisotopic (exact) mass is 480 g/mol. The summed E-state index contributed by atoms with van der Waals surface area (Å²) in [5, 5.41) is 3.01. The van der Waals surface area contributed by atoms with E-state index in [0.717, 1.165) is 18.7 Å². The van der Waals surface area contributed by atoms with Gasteiger partial charge in [0, 0.05) is 25.2 Å². The van der Waals surface area contributed by atoms with E-state index < -0.39 is 0 Å². The van der Waals surface area contributed by atoms with Gasteiger partial charge in [-0.1, -0.05) is 12.1 Å². The summed E-state index contributed by atoms with van der Waals surface area (Å²) >= 11 is 3.45. The van der Waals surface area contributed by atoms with Crippen LogP contribution in [-0.2, 0) is 4.74 Å². The van der Waals surface area contributed by atoms with Gasteiger partial charge in [-0.2, -0.15) is 0 Å². The Kier molecular flexibility index (Phi) is 8.07. The van der Waals surface area contributed by atoms with Crippen molar-refractivity contribution >= 4 is 21.8 Å². The maximum absolute atomic E-state index is 13.4. The molecule has 0 aliphatic carbocycles. The van der Waals surface area contributed by atoms with Crippen molar-refractivity contribution in [1.29, 1.82) is 0 Å². The molecule has 2 aromatic rings. The summed E-state index contributed by atoms with van der Waals surface area (Å²) < 4.78 is 30.5. The highest BCUT2D eigenvalue weighted by Crippen LogP contribution is 2.36. The summed E-state index contributed by atoms with van der Waals surface area (Å²) in [7, 11) is 1.54. The van der Waals surface area contributed by atoms with E-state index in [1.807, 2.05) is 6.92 Å². The molecule has 1 amide bonds. The van der Waals surface area contributed by atoms with E-state index >= 15 is 0 Å². The zero-order chi connectivity index (χ0) is 21.5. The molecule has 0 spiro atoms. The molecule has 0 bridgehead atoms. The molecule has 1 unspecified atom stereocenters. The lowest BCUT2D eigenvalue weighted by molar-refractivity contribution is 0.0162. The first-order chi connectivity index (χ1) is 14.5. The number of amides is 1. The molecule has 0 saturated carbocycles. The maximum Gasteiger partial charge on any atom is 0.251 e. The molecule has 6 nitrogen and oxygen atoms in total. The van der Waals surface area contributed by atoms with Crippen LogP contribution in [0.5, 0.6) is 11.5 Å². The Hall–Kier alpha value is -2.16. The smallest absolute Gasteiger partial charge is 0.251 e. The normalized spacial score (nSPS) is 15.5. The van der Waals surface area contributed by atoms with Crippen molar-refractivity contribution in [2.24, 2.45) is 0 Å². The largest absolute Gasteiger partial charge is 0.493 e. The molecular formula is C22H26BrFN2O4. The van der Waals surface area contributed by atoms with Crippen LogP contribution in [0.25, 0.3) is 0 Å². The first-order valence-corrected chi connectivity index (χ1v) is 10.7. The molecule has 1 heterocycles. The van der Waals surface area contributed by atoms with Crippen LogP contribution in [0, 0.1) is 5.82 Å². The van der Waals surface area contributed by atoms with Gasteiger partial charge in [0.05, 0.1) is 37.4 Å². The summed E-state index contributed by atoms with van der Waals surface area (Å²) in [6, 6.07) is 9.71. The minimum absolute atomic E-state index is 0.0773. The molecule has 1 N–H and O–H groups in total. The number of benzene rings is 2. The molecule has 0 aromatic heterocycles. The van der Waals surface area contributed by atoms with Crippen molar-refractivity contribution in [3.63, 3.8) is 0 Å². The predicted molar refractivity (Wildman–Crippen MR) is 116 cm³/mol. The van der Waals surface area contributed by atoms with Gasteiger partial charge in [0.15, 0.2) is 11.5 Å². The first kappa shape index (κ1) is 22.5. The van der Waals surface area contributed by atoms with Gasteiger partial charge in [-0.25, -0.2) is 4.39 Å². The van der Waals surface area contributed by atoms with Gasteiger partial charge in [-0.15, -0.1) is 0 Å². The number of hydrogen-bond donors (Lipinski definition) is 1. The average molecular weight is 481 g/mol. The lowest BCUT2D eigenvalue weighted by Gasteiger charge is -2.35. The van der Waals surface area contributed by atoms with Crippen LogP contribution in [0.1, 0.15) is 28.9 Å². The minimum atomic E-state index is -0.283. The number of rotatable bonds is 8. The quantitative estimate of drug-likeness (QED) is 0.622. The Morgan fingerprint density at radius 3 is 2.60 bits per heavy atom. The zero-order valence-corrected chi connectivity index (χ0v) is 18.7. The number of morpholine rings is 1. The number of nitrogens with zero attached hydrogens (tertiary/aromatic N) is 1. The van der Waals surface area contributed by atoms with Crippen LogP contribution in [0.2, 0.25) is 0 Å². The lowest BCUT2D eigenvalue weighted by Crippen LogP contribution is -2.43. The molecule has 2 aromatic carbocycles. The van der Waals surface area contributed by atoms with Crippen molar-refractivity contribution in [1.82, 2.24) is 10.2 Å². The van der Waals surface area contributed by atoms with Gasteiger partial charge in [-0.05, 0) is 52.7 Å². The van der Waals surface area contributed by atoms with Crippen molar-refractivity contribution in [3.05, 3.63) is 57.8 Å². The van der Waals surface area contributed by atoms with Gasteiger partial charge in [0.25, 0.3) is 5.91 Å². The van der Waals surface area contributed by atoms with Crippen LogP contribution in [0.4, 0.5) is 4.39 Å². The van der Waals surface area contributed by atoms with Crippen molar-refractivity contribution < 1.29 is 23.4 Å². The molecule has 1 fully saturated rings. The first-order valence-electron chi connectivity index (χ1n) is 9.89. The van der Waals surface area contributed by atoms with E-state index in [-0.39, 0.29) is 17.8 Å². The van der Waals surface area contributed by atoms with Crippen molar-refractivity contribution in [2.45, 2.75) is 13.0 Å². The molecule has 1 aliphatic heterocycles. The number of nitrogens with one attached hydrogen (secondary N) is 1. The number of carbonyl (C=O) groups is 1. The molecule has 1 aliphatic rings. The van der Waals surface area contributed by atoms with Crippen LogP contribution < -0.4 is 14.8 Å². The van der Waals surface area contributed by atoms with Gasteiger partial charge >= 0.3 is 0 Å².